The summed E-state index contributed by atoms with van der Waals surface area (Å²) in [6.45, 7) is 6.60. The number of halogens is 2. The van der Waals surface area contributed by atoms with Crippen LogP contribution in [0.15, 0.2) is 18.2 Å². The lowest BCUT2D eigenvalue weighted by atomic mass is 10.1. The predicted octanol–water partition coefficient (Wildman–Crippen LogP) is 2.95. The largest absolute Gasteiger partial charge is 0.381 e. The Labute approximate surface area is 86.5 Å². The van der Waals surface area contributed by atoms with E-state index in [1.165, 1.54) is 0 Å². The van der Waals surface area contributed by atoms with Crippen LogP contribution < -0.4 is 0 Å². The number of aliphatic hydroxyl groups is 1. The Bertz CT molecular complexity index is 346. The fourth-order valence-corrected chi connectivity index (χ4v) is 1.38. The third-order valence-electron chi connectivity index (χ3n) is 1.58. The summed E-state index contributed by atoms with van der Waals surface area (Å²) in [4.78, 5) is 3.08. The summed E-state index contributed by atoms with van der Waals surface area (Å²) in [7, 11) is 0. The first kappa shape index (κ1) is 10.3. The lowest BCUT2D eigenvalue weighted by Crippen LogP contribution is -2.00. The van der Waals surface area contributed by atoms with Gasteiger partial charge in [0.05, 0.1) is 0 Å². The van der Waals surface area contributed by atoms with E-state index in [1.54, 1.807) is 18.2 Å². The number of hydrogen-bond acceptors (Lipinski definition) is 1. The molecule has 4 heteroatoms. The lowest BCUT2D eigenvalue weighted by molar-refractivity contribution is 0.195. The average molecular weight is 216 g/mol. The normalized spacial score (nSPS) is 12.2. The molecule has 13 heavy (non-hydrogen) atoms. The first-order chi connectivity index (χ1) is 6.15. The molecule has 0 bridgehead atoms. The van der Waals surface area contributed by atoms with Gasteiger partial charge in [-0.2, -0.15) is 0 Å². The van der Waals surface area contributed by atoms with E-state index in [-0.39, 0.29) is 6.54 Å². The van der Waals surface area contributed by atoms with E-state index in [4.69, 9.17) is 29.8 Å². The van der Waals surface area contributed by atoms with Crippen molar-refractivity contribution in [3.8, 4) is 0 Å². The second-order valence-corrected chi connectivity index (χ2v) is 3.37. The predicted molar refractivity (Wildman–Crippen MR) is 52.9 cm³/mol. The summed E-state index contributed by atoms with van der Waals surface area (Å²) in [5, 5.41) is 10.4. The van der Waals surface area contributed by atoms with Crippen LogP contribution in [-0.2, 0) is 0 Å². The standard InChI is InChI=1S/C9H7Cl2NO/c1-12-5-9(13)7-4-6(10)2-3-8(7)11/h2-4,9,13H,5H2. The van der Waals surface area contributed by atoms with E-state index in [0.717, 1.165) is 0 Å². The van der Waals surface area contributed by atoms with Crippen LogP contribution in [-0.4, -0.2) is 11.7 Å². The van der Waals surface area contributed by atoms with Gasteiger partial charge in [0.2, 0.25) is 6.54 Å². The first-order valence-corrected chi connectivity index (χ1v) is 4.37. The second-order valence-electron chi connectivity index (χ2n) is 2.52. The Morgan fingerprint density at radius 1 is 1.46 bits per heavy atom. The average Bonchev–Trinajstić information content (AvgIpc) is 2.09. The maximum Gasteiger partial charge on any atom is 0.244 e. The maximum atomic E-state index is 9.47. The molecule has 1 atom stereocenters. The molecule has 68 valence electrons. The van der Waals surface area contributed by atoms with E-state index in [2.05, 4.69) is 4.85 Å². The zero-order valence-electron chi connectivity index (χ0n) is 6.67. The maximum absolute atomic E-state index is 9.47. The van der Waals surface area contributed by atoms with E-state index >= 15 is 0 Å². The zero-order chi connectivity index (χ0) is 9.84. The smallest absolute Gasteiger partial charge is 0.244 e. The van der Waals surface area contributed by atoms with Gasteiger partial charge in [0.1, 0.15) is 0 Å². The van der Waals surface area contributed by atoms with Crippen molar-refractivity contribution in [3.05, 3.63) is 45.2 Å². The molecule has 1 aromatic carbocycles. The molecule has 1 rings (SSSR count). The fraction of sp³-hybridized carbons (Fsp3) is 0.222. The number of hydrogen-bond donors (Lipinski definition) is 1. The highest BCUT2D eigenvalue weighted by atomic mass is 35.5. The van der Waals surface area contributed by atoms with Crippen LogP contribution in [0.3, 0.4) is 0 Å². The van der Waals surface area contributed by atoms with Crippen molar-refractivity contribution >= 4 is 23.2 Å². The molecule has 0 spiro atoms. The molecule has 1 N–H and O–H groups in total. The van der Waals surface area contributed by atoms with Crippen LogP contribution in [0, 0.1) is 6.57 Å². The lowest BCUT2D eigenvalue weighted by Gasteiger charge is -2.06. The molecule has 0 aromatic heterocycles. The van der Waals surface area contributed by atoms with Gasteiger partial charge in [0.25, 0.3) is 0 Å². The minimum absolute atomic E-state index is 0.0000617. The van der Waals surface area contributed by atoms with Crippen LogP contribution in [0.4, 0.5) is 0 Å². The van der Waals surface area contributed by atoms with Crippen molar-refractivity contribution in [2.24, 2.45) is 0 Å². The van der Waals surface area contributed by atoms with Gasteiger partial charge in [0.15, 0.2) is 6.10 Å². The Kier molecular flexibility index (Phi) is 3.56. The summed E-state index contributed by atoms with van der Waals surface area (Å²) in [6.07, 6.45) is -0.858. The van der Waals surface area contributed by atoms with Gasteiger partial charge in [-0.15, -0.1) is 0 Å². The van der Waals surface area contributed by atoms with Crippen molar-refractivity contribution in [3.63, 3.8) is 0 Å². The molecule has 0 saturated heterocycles. The Morgan fingerprint density at radius 2 is 2.15 bits per heavy atom. The van der Waals surface area contributed by atoms with Gasteiger partial charge >= 0.3 is 0 Å². The molecular formula is C9H7Cl2NO. The van der Waals surface area contributed by atoms with E-state index in [0.29, 0.717) is 15.6 Å². The molecule has 1 unspecified atom stereocenters. The summed E-state index contributed by atoms with van der Waals surface area (Å²) < 4.78 is 0. The van der Waals surface area contributed by atoms with E-state index < -0.39 is 6.10 Å². The molecule has 0 aliphatic heterocycles. The molecule has 0 heterocycles. The van der Waals surface area contributed by atoms with Crippen LogP contribution in [0.5, 0.6) is 0 Å². The fourth-order valence-electron chi connectivity index (χ4n) is 0.955. The monoisotopic (exact) mass is 215 g/mol. The molecule has 2 nitrogen and oxygen atoms in total. The quantitative estimate of drug-likeness (QED) is 0.755. The SMILES string of the molecule is [C-]#[N+]CC(O)c1cc(Cl)ccc1Cl. The molecule has 0 radical (unpaired) electrons. The minimum Gasteiger partial charge on any atom is -0.381 e. The van der Waals surface area contributed by atoms with Gasteiger partial charge in [-0.05, 0) is 18.2 Å². The highest BCUT2D eigenvalue weighted by molar-refractivity contribution is 6.33. The van der Waals surface area contributed by atoms with Gasteiger partial charge in [-0.25, -0.2) is 6.57 Å². The van der Waals surface area contributed by atoms with Crippen molar-refractivity contribution in [2.45, 2.75) is 6.10 Å². The Hall–Kier alpha value is -0.750. The molecule has 0 fully saturated rings. The third kappa shape index (κ3) is 2.60. The molecule has 0 saturated carbocycles. The molecule has 1 aromatic rings. The Morgan fingerprint density at radius 3 is 2.77 bits per heavy atom. The number of rotatable bonds is 2. The van der Waals surface area contributed by atoms with Crippen molar-refractivity contribution < 1.29 is 5.11 Å². The minimum atomic E-state index is -0.858. The summed E-state index contributed by atoms with van der Waals surface area (Å²) in [6, 6.07) is 4.81. The topological polar surface area (TPSA) is 24.6 Å². The van der Waals surface area contributed by atoms with Crippen molar-refractivity contribution in [2.75, 3.05) is 6.54 Å². The zero-order valence-corrected chi connectivity index (χ0v) is 8.18. The highest BCUT2D eigenvalue weighted by Gasteiger charge is 2.14. The molecule has 0 aliphatic carbocycles. The number of nitrogens with zero attached hydrogens (tertiary/aromatic N) is 1. The van der Waals surface area contributed by atoms with Crippen LogP contribution in [0.25, 0.3) is 4.85 Å². The number of benzene rings is 1. The van der Waals surface area contributed by atoms with Gasteiger partial charge in [0, 0.05) is 15.6 Å². The van der Waals surface area contributed by atoms with E-state index in [9.17, 15) is 5.11 Å². The summed E-state index contributed by atoms with van der Waals surface area (Å²) >= 11 is 11.5. The molecular weight excluding hydrogens is 209 g/mol. The molecule has 0 amide bonds. The Balaban J connectivity index is 3.00. The van der Waals surface area contributed by atoms with Crippen molar-refractivity contribution in [1.82, 2.24) is 0 Å². The first-order valence-electron chi connectivity index (χ1n) is 3.61. The van der Waals surface area contributed by atoms with Crippen LogP contribution in [0.1, 0.15) is 11.7 Å². The third-order valence-corrected chi connectivity index (χ3v) is 2.16. The van der Waals surface area contributed by atoms with Crippen molar-refractivity contribution in [1.29, 1.82) is 0 Å². The van der Waals surface area contributed by atoms with Gasteiger partial charge in [-0.3, -0.25) is 0 Å². The summed E-state index contributed by atoms with van der Waals surface area (Å²) in [5.41, 5.74) is 0.505. The van der Waals surface area contributed by atoms with Gasteiger partial charge < -0.3 is 9.95 Å². The van der Waals surface area contributed by atoms with E-state index in [1.807, 2.05) is 0 Å². The van der Waals surface area contributed by atoms with Crippen LogP contribution in [0.2, 0.25) is 10.0 Å². The van der Waals surface area contributed by atoms with Gasteiger partial charge in [-0.1, -0.05) is 23.2 Å². The number of aliphatic hydroxyl groups excluding tert-OH is 1. The highest BCUT2D eigenvalue weighted by Crippen LogP contribution is 2.26. The molecule has 0 aliphatic rings. The summed E-state index contributed by atoms with van der Waals surface area (Å²) in [5.74, 6) is 0. The second kappa shape index (κ2) is 4.48. The van der Waals surface area contributed by atoms with Crippen LogP contribution >= 0.6 is 23.2 Å².